The van der Waals surface area contributed by atoms with Crippen molar-refractivity contribution in [1.29, 1.82) is 0 Å². The van der Waals surface area contributed by atoms with Crippen molar-refractivity contribution in [3.8, 4) is 5.75 Å². The maximum absolute atomic E-state index is 6.15. The molecule has 0 saturated heterocycles. The van der Waals surface area contributed by atoms with Gasteiger partial charge in [-0.05, 0) is 43.2 Å². The number of halogens is 2. The minimum atomic E-state index is 0.362. The molecule has 4 heteroatoms. The molecule has 2 aromatic rings. The van der Waals surface area contributed by atoms with Gasteiger partial charge in [0.25, 0.3) is 0 Å². The molecule has 118 valence electrons. The summed E-state index contributed by atoms with van der Waals surface area (Å²) in [5.41, 5.74) is 2.01. The Balaban J connectivity index is 1.98. The van der Waals surface area contributed by atoms with E-state index in [2.05, 4.69) is 25.2 Å². The van der Waals surface area contributed by atoms with Crippen LogP contribution in [0.15, 0.2) is 42.5 Å². The standard InChI is InChI=1S/C18H21Cl2NO/c1-3-13(2)21-11-14-6-4-7-15(10-14)22-12-16-17(19)8-5-9-18(16)20/h4-10,13,21H,3,11-12H2,1-2H3/t13-/m0/s1. The summed E-state index contributed by atoms with van der Waals surface area (Å²) in [4.78, 5) is 0. The summed E-state index contributed by atoms with van der Waals surface area (Å²) in [6.45, 7) is 5.55. The van der Waals surface area contributed by atoms with Crippen LogP contribution < -0.4 is 10.1 Å². The summed E-state index contributed by atoms with van der Waals surface area (Å²) in [6.07, 6.45) is 1.11. The third-order valence-electron chi connectivity index (χ3n) is 3.61. The van der Waals surface area contributed by atoms with Crippen LogP contribution in [-0.4, -0.2) is 6.04 Å². The van der Waals surface area contributed by atoms with E-state index in [0.717, 1.165) is 24.3 Å². The Morgan fingerprint density at radius 3 is 2.45 bits per heavy atom. The molecular formula is C18H21Cl2NO. The Kier molecular flexibility index (Phi) is 6.56. The zero-order valence-electron chi connectivity index (χ0n) is 12.9. The first kappa shape index (κ1) is 17.1. The molecule has 0 aromatic heterocycles. The van der Waals surface area contributed by atoms with Gasteiger partial charge in [-0.15, -0.1) is 0 Å². The van der Waals surface area contributed by atoms with Crippen molar-refractivity contribution in [3.63, 3.8) is 0 Å². The van der Waals surface area contributed by atoms with Crippen molar-refractivity contribution in [3.05, 3.63) is 63.6 Å². The van der Waals surface area contributed by atoms with Crippen LogP contribution in [0, 0.1) is 0 Å². The van der Waals surface area contributed by atoms with Gasteiger partial charge in [0.05, 0.1) is 0 Å². The van der Waals surface area contributed by atoms with Crippen LogP contribution in [0.25, 0.3) is 0 Å². The van der Waals surface area contributed by atoms with E-state index >= 15 is 0 Å². The zero-order chi connectivity index (χ0) is 15.9. The lowest BCUT2D eigenvalue weighted by atomic mass is 10.2. The number of nitrogens with one attached hydrogen (secondary N) is 1. The second-order valence-corrected chi connectivity index (χ2v) is 6.14. The Bertz CT molecular complexity index is 596. The van der Waals surface area contributed by atoms with Crippen molar-refractivity contribution in [2.75, 3.05) is 0 Å². The third-order valence-corrected chi connectivity index (χ3v) is 4.32. The molecule has 2 nitrogen and oxygen atoms in total. The van der Waals surface area contributed by atoms with E-state index in [1.807, 2.05) is 36.4 Å². The van der Waals surface area contributed by atoms with E-state index < -0.39 is 0 Å². The number of benzene rings is 2. The highest BCUT2D eigenvalue weighted by atomic mass is 35.5. The molecule has 2 rings (SSSR count). The highest BCUT2D eigenvalue weighted by molar-refractivity contribution is 6.35. The maximum Gasteiger partial charge on any atom is 0.120 e. The van der Waals surface area contributed by atoms with Gasteiger partial charge in [-0.2, -0.15) is 0 Å². The predicted octanol–water partition coefficient (Wildman–Crippen LogP) is 5.46. The largest absolute Gasteiger partial charge is 0.489 e. The van der Waals surface area contributed by atoms with Crippen molar-refractivity contribution in [2.24, 2.45) is 0 Å². The van der Waals surface area contributed by atoms with Crippen molar-refractivity contribution >= 4 is 23.2 Å². The Morgan fingerprint density at radius 2 is 1.77 bits per heavy atom. The molecule has 1 atom stereocenters. The lowest BCUT2D eigenvalue weighted by molar-refractivity contribution is 0.306. The maximum atomic E-state index is 6.15. The summed E-state index contributed by atoms with van der Waals surface area (Å²) in [5.74, 6) is 0.819. The minimum Gasteiger partial charge on any atom is -0.489 e. The average Bonchev–Trinajstić information content (AvgIpc) is 2.52. The van der Waals surface area contributed by atoms with Gasteiger partial charge in [0.1, 0.15) is 12.4 Å². The second-order valence-electron chi connectivity index (χ2n) is 5.33. The lowest BCUT2D eigenvalue weighted by Gasteiger charge is -2.13. The Morgan fingerprint density at radius 1 is 1.09 bits per heavy atom. The smallest absolute Gasteiger partial charge is 0.120 e. The third kappa shape index (κ3) is 4.91. The molecule has 0 aliphatic heterocycles. The van der Waals surface area contributed by atoms with Crippen LogP contribution in [-0.2, 0) is 13.2 Å². The fourth-order valence-electron chi connectivity index (χ4n) is 2.01. The quantitative estimate of drug-likeness (QED) is 0.724. The first-order valence-electron chi connectivity index (χ1n) is 7.48. The van der Waals surface area contributed by atoms with Gasteiger partial charge in [-0.25, -0.2) is 0 Å². The van der Waals surface area contributed by atoms with Crippen LogP contribution in [0.1, 0.15) is 31.4 Å². The first-order chi connectivity index (χ1) is 10.6. The molecular weight excluding hydrogens is 317 g/mol. The van der Waals surface area contributed by atoms with E-state index in [1.165, 1.54) is 5.56 Å². The van der Waals surface area contributed by atoms with Crippen LogP contribution in [0.3, 0.4) is 0 Å². The number of hydrogen-bond acceptors (Lipinski definition) is 2. The molecule has 0 bridgehead atoms. The van der Waals surface area contributed by atoms with E-state index in [4.69, 9.17) is 27.9 Å². The Hall–Kier alpha value is -1.22. The molecule has 0 spiro atoms. The van der Waals surface area contributed by atoms with Crippen molar-refractivity contribution in [2.45, 2.75) is 39.5 Å². The van der Waals surface area contributed by atoms with Gasteiger partial charge >= 0.3 is 0 Å². The molecule has 0 saturated carbocycles. The fraction of sp³-hybridized carbons (Fsp3) is 0.333. The lowest BCUT2D eigenvalue weighted by Crippen LogP contribution is -2.24. The van der Waals surface area contributed by atoms with E-state index in [0.29, 0.717) is 22.7 Å². The molecule has 0 aliphatic carbocycles. The molecule has 0 radical (unpaired) electrons. The topological polar surface area (TPSA) is 21.3 Å². The summed E-state index contributed by atoms with van der Waals surface area (Å²) < 4.78 is 5.83. The summed E-state index contributed by atoms with van der Waals surface area (Å²) in [5, 5.41) is 4.72. The molecule has 0 aliphatic rings. The number of rotatable bonds is 7. The van der Waals surface area contributed by atoms with E-state index in [9.17, 15) is 0 Å². The molecule has 0 unspecified atom stereocenters. The van der Waals surface area contributed by atoms with Gasteiger partial charge in [0.2, 0.25) is 0 Å². The molecule has 2 aromatic carbocycles. The molecule has 1 N–H and O–H groups in total. The molecule has 0 fully saturated rings. The normalized spacial score (nSPS) is 12.2. The predicted molar refractivity (Wildman–Crippen MR) is 93.8 cm³/mol. The minimum absolute atomic E-state index is 0.362. The highest BCUT2D eigenvalue weighted by Crippen LogP contribution is 2.26. The zero-order valence-corrected chi connectivity index (χ0v) is 14.4. The summed E-state index contributed by atoms with van der Waals surface area (Å²) in [7, 11) is 0. The fourth-order valence-corrected chi connectivity index (χ4v) is 2.51. The van der Waals surface area contributed by atoms with Gasteiger partial charge in [0.15, 0.2) is 0 Å². The van der Waals surface area contributed by atoms with Gasteiger partial charge in [-0.3, -0.25) is 0 Å². The van der Waals surface area contributed by atoms with Crippen molar-refractivity contribution in [1.82, 2.24) is 5.32 Å². The highest BCUT2D eigenvalue weighted by Gasteiger charge is 2.07. The van der Waals surface area contributed by atoms with Crippen LogP contribution in [0.4, 0.5) is 0 Å². The second kappa shape index (κ2) is 8.42. The summed E-state index contributed by atoms with van der Waals surface area (Å²) >= 11 is 12.3. The number of ether oxygens (including phenoxy) is 1. The van der Waals surface area contributed by atoms with Crippen molar-refractivity contribution < 1.29 is 4.74 Å². The average molecular weight is 338 g/mol. The van der Waals surface area contributed by atoms with Crippen LogP contribution in [0.2, 0.25) is 10.0 Å². The number of hydrogen-bond donors (Lipinski definition) is 1. The van der Waals surface area contributed by atoms with Gasteiger partial charge in [-0.1, -0.05) is 48.3 Å². The van der Waals surface area contributed by atoms with Crippen LogP contribution >= 0.6 is 23.2 Å². The van der Waals surface area contributed by atoms with Gasteiger partial charge in [0, 0.05) is 28.2 Å². The molecule has 22 heavy (non-hydrogen) atoms. The first-order valence-corrected chi connectivity index (χ1v) is 8.23. The summed E-state index contributed by atoms with van der Waals surface area (Å²) in [6, 6.07) is 14.0. The molecule has 0 heterocycles. The van der Waals surface area contributed by atoms with E-state index in [-0.39, 0.29) is 0 Å². The monoisotopic (exact) mass is 337 g/mol. The van der Waals surface area contributed by atoms with Gasteiger partial charge < -0.3 is 10.1 Å². The van der Waals surface area contributed by atoms with Crippen LogP contribution in [0.5, 0.6) is 5.75 Å². The SMILES string of the molecule is CC[C@H](C)NCc1cccc(OCc2c(Cl)cccc2Cl)c1. The molecule has 0 amide bonds. The Labute approximate surface area is 142 Å². The van der Waals surface area contributed by atoms with E-state index in [1.54, 1.807) is 0 Å².